The van der Waals surface area contributed by atoms with E-state index in [0.29, 0.717) is 25.1 Å². The van der Waals surface area contributed by atoms with E-state index >= 15 is 0 Å². The summed E-state index contributed by atoms with van der Waals surface area (Å²) in [6, 6.07) is 7.79. The maximum Gasteiger partial charge on any atom is 0.309 e. The summed E-state index contributed by atoms with van der Waals surface area (Å²) in [4.78, 5) is 23.8. The van der Waals surface area contributed by atoms with E-state index in [1.54, 1.807) is 12.1 Å². The van der Waals surface area contributed by atoms with Crippen molar-refractivity contribution in [2.75, 3.05) is 13.1 Å². The van der Waals surface area contributed by atoms with Crippen molar-refractivity contribution in [1.29, 1.82) is 0 Å². The first-order valence-electron chi connectivity index (χ1n) is 9.74. The molecular weight excluding hydrogens is 413 g/mol. The van der Waals surface area contributed by atoms with Gasteiger partial charge in [-0.25, -0.2) is 12.8 Å². The number of halogens is 1. The number of furan rings is 1. The number of amides is 2. The molecule has 2 heterocycles. The molecule has 0 spiro atoms. The van der Waals surface area contributed by atoms with Crippen LogP contribution >= 0.6 is 0 Å². The number of carbonyl (C=O) groups is 2. The molecule has 1 aliphatic rings. The molecule has 3 rings (SSSR count). The highest BCUT2D eigenvalue weighted by Gasteiger charge is 2.33. The Balaban J connectivity index is 1.53. The van der Waals surface area contributed by atoms with Crippen molar-refractivity contribution in [3.63, 3.8) is 0 Å². The van der Waals surface area contributed by atoms with Crippen LogP contribution in [0.4, 0.5) is 4.39 Å². The van der Waals surface area contributed by atoms with Crippen molar-refractivity contribution in [2.45, 2.75) is 43.2 Å². The number of hydrogen-bond donors (Lipinski definition) is 2. The van der Waals surface area contributed by atoms with Crippen LogP contribution in [0, 0.1) is 5.82 Å². The summed E-state index contributed by atoms with van der Waals surface area (Å²) in [5.74, 6) is -1.55. The van der Waals surface area contributed by atoms with Crippen molar-refractivity contribution in [2.24, 2.45) is 0 Å². The fraction of sp³-hybridized carbons (Fsp3) is 0.400. The van der Waals surface area contributed by atoms with Crippen LogP contribution in [-0.2, 0) is 26.2 Å². The highest BCUT2D eigenvalue weighted by Crippen LogP contribution is 2.27. The topological polar surface area (TPSA) is 109 Å². The summed E-state index contributed by atoms with van der Waals surface area (Å²) < 4.78 is 45.6. The molecule has 0 radical (unpaired) electrons. The molecule has 1 atom stereocenters. The van der Waals surface area contributed by atoms with Crippen molar-refractivity contribution in [3.8, 4) is 0 Å². The number of sulfonamides is 1. The van der Waals surface area contributed by atoms with Gasteiger partial charge in [-0.3, -0.25) is 9.59 Å². The van der Waals surface area contributed by atoms with Crippen LogP contribution < -0.4 is 10.6 Å². The largest absolute Gasteiger partial charge is 0.467 e. The Bertz CT molecular complexity index is 961. The molecule has 2 N–H and O–H groups in total. The Morgan fingerprint density at radius 2 is 1.83 bits per heavy atom. The molecule has 2 amide bonds. The van der Waals surface area contributed by atoms with Crippen LogP contribution in [0.15, 0.2) is 52.0 Å². The molecule has 0 bridgehead atoms. The second kappa shape index (κ2) is 9.86. The van der Waals surface area contributed by atoms with Gasteiger partial charge >= 0.3 is 11.8 Å². The summed E-state index contributed by atoms with van der Waals surface area (Å²) >= 11 is 0. The summed E-state index contributed by atoms with van der Waals surface area (Å²) in [6.07, 6.45) is 4.10. The lowest BCUT2D eigenvalue weighted by molar-refractivity contribution is -0.139. The lowest BCUT2D eigenvalue weighted by atomic mass is 10.0. The molecule has 2 aromatic rings. The van der Waals surface area contributed by atoms with Crippen LogP contribution in [-0.4, -0.2) is 43.7 Å². The molecule has 1 fully saturated rings. The Morgan fingerprint density at radius 1 is 1.10 bits per heavy atom. The smallest absolute Gasteiger partial charge is 0.309 e. The Morgan fingerprint density at radius 3 is 2.53 bits per heavy atom. The molecule has 0 unspecified atom stereocenters. The third-order valence-electron chi connectivity index (χ3n) is 4.97. The normalized spacial score (nSPS) is 17.4. The minimum atomic E-state index is -3.76. The van der Waals surface area contributed by atoms with E-state index in [2.05, 4.69) is 10.6 Å². The monoisotopic (exact) mass is 437 g/mol. The number of benzene rings is 1. The summed E-state index contributed by atoms with van der Waals surface area (Å²) in [6.45, 7) is 0.626. The van der Waals surface area contributed by atoms with Crippen LogP contribution in [0.25, 0.3) is 0 Å². The van der Waals surface area contributed by atoms with Gasteiger partial charge in [-0.15, -0.1) is 0 Å². The van der Waals surface area contributed by atoms with Gasteiger partial charge in [-0.05, 0) is 55.7 Å². The number of carbonyl (C=O) groups excluding carboxylic acids is 2. The van der Waals surface area contributed by atoms with E-state index in [9.17, 15) is 22.4 Å². The molecule has 30 heavy (non-hydrogen) atoms. The van der Waals surface area contributed by atoms with Gasteiger partial charge < -0.3 is 15.1 Å². The molecule has 0 saturated carbocycles. The molecule has 1 aliphatic heterocycles. The van der Waals surface area contributed by atoms with Crippen molar-refractivity contribution in [3.05, 3.63) is 54.2 Å². The van der Waals surface area contributed by atoms with Crippen molar-refractivity contribution >= 4 is 21.8 Å². The zero-order valence-electron chi connectivity index (χ0n) is 16.3. The Kier molecular flexibility index (Phi) is 7.22. The standard InChI is InChI=1S/C20H24FN3O5S/c21-15-6-8-18(9-7-15)30(27,28)24-12-2-1-4-16(24)10-11-22-19(25)20(26)23-14-17-5-3-13-29-17/h3,5-9,13,16H,1-2,4,10-12,14H2,(H,22,25)(H,23,26)/t16-/m1/s1. The van der Waals surface area contributed by atoms with E-state index in [0.717, 1.165) is 25.0 Å². The van der Waals surface area contributed by atoms with E-state index in [1.807, 2.05) is 0 Å². The fourth-order valence-electron chi connectivity index (χ4n) is 3.41. The summed E-state index contributed by atoms with van der Waals surface area (Å²) in [5, 5.41) is 4.98. The predicted octanol–water partition coefficient (Wildman–Crippen LogP) is 1.78. The van der Waals surface area contributed by atoms with Gasteiger partial charge in [0.05, 0.1) is 17.7 Å². The number of hydrogen-bond acceptors (Lipinski definition) is 5. The quantitative estimate of drug-likeness (QED) is 0.642. The van der Waals surface area contributed by atoms with Gasteiger partial charge in [0, 0.05) is 19.1 Å². The van der Waals surface area contributed by atoms with E-state index in [1.165, 1.54) is 22.7 Å². The first-order valence-corrected chi connectivity index (χ1v) is 11.2. The van der Waals surface area contributed by atoms with Gasteiger partial charge in [0.1, 0.15) is 11.6 Å². The zero-order chi connectivity index (χ0) is 21.6. The molecule has 1 aromatic heterocycles. The van der Waals surface area contributed by atoms with E-state index in [-0.39, 0.29) is 24.0 Å². The molecule has 1 aromatic carbocycles. The fourth-order valence-corrected chi connectivity index (χ4v) is 5.14. The lowest BCUT2D eigenvalue weighted by Gasteiger charge is -2.34. The first-order chi connectivity index (χ1) is 14.4. The Labute approximate surface area is 174 Å². The predicted molar refractivity (Wildman–Crippen MR) is 106 cm³/mol. The summed E-state index contributed by atoms with van der Waals surface area (Å²) in [5.41, 5.74) is 0. The third-order valence-corrected chi connectivity index (χ3v) is 6.93. The van der Waals surface area contributed by atoms with Gasteiger partial charge in [0.25, 0.3) is 0 Å². The first kappa shape index (κ1) is 22.0. The average Bonchev–Trinajstić information content (AvgIpc) is 3.26. The maximum atomic E-state index is 13.1. The second-order valence-electron chi connectivity index (χ2n) is 7.03. The average molecular weight is 437 g/mol. The van der Waals surface area contributed by atoms with Crippen LogP contribution in [0.1, 0.15) is 31.4 Å². The molecule has 10 heteroatoms. The highest BCUT2D eigenvalue weighted by atomic mass is 32.2. The number of piperidine rings is 1. The van der Waals surface area contributed by atoms with Gasteiger partial charge in [-0.2, -0.15) is 4.31 Å². The number of rotatable bonds is 7. The van der Waals surface area contributed by atoms with Crippen molar-refractivity contribution < 1.29 is 26.8 Å². The van der Waals surface area contributed by atoms with Crippen molar-refractivity contribution in [1.82, 2.24) is 14.9 Å². The van der Waals surface area contributed by atoms with E-state index < -0.39 is 27.7 Å². The SMILES string of the molecule is O=C(NCC[C@H]1CCCCN1S(=O)(=O)c1ccc(F)cc1)C(=O)NCc1ccco1. The molecule has 8 nitrogen and oxygen atoms in total. The van der Waals surface area contributed by atoms with E-state index in [4.69, 9.17) is 4.42 Å². The van der Waals surface area contributed by atoms with Crippen LogP contribution in [0.2, 0.25) is 0 Å². The summed E-state index contributed by atoms with van der Waals surface area (Å²) in [7, 11) is -3.76. The van der Waals surface area contributed by atoms with Crippen LogP contribution in [0.5, 0.6) is 0 Å². The second-order valence-corrected chi connectivity index (χ2v) is 8.92. The molecule has 1 saturated heterocycles. The zero-order valence-corrected chi connectivity index (χ0v) is 17.2. The molecule has 0 aliphatic carbocycles. The van der Waals surface area contributed by atoms with Gasteiger partial charge in [0.15, 0.2) is 0 Å². The lowest BCUT2D eigenvalue weighted by Crippen LogP contribution is -2.46. The highest BCUT2D eigenvalue weighted by molar-refractivity contribution is 7.89. The number of nitrogens with one attached hydrogen (secondary N) is 2. The minimum Gasteiger partial charge on any atom is -0.467 e. The van der Waals surface area contributed by atoms with Gasteiger partial charge in [0.2, 0.25) is 10.0 Å². The van der Waals surface area contributed by atoms with Crippen LogP contribution in [0.3, 0.4) is 0 Å². The Hall–Kier alpha value is -2.72. The number of nitrogens with zero attached hydrogens (tertiary/aromatic N) is 1. The third kappa shape index (κ3) is 5.45. The van der Waals surface area contributed by atoms with Gasteiger partial charge in [-0.1, -0.05) is 6.42 Å². The minimum absolute atomic E-state index is 0.0390. The maximum absolute atomic E-state index is 13.1. The molecular formula is C20H24FN3O5S. The molecule has 162 valence electrons.